The van der Waals surface area contributed by atoms with Gasteiger partial charge in [0.25, 0.3) is 0 Å². The molecule has 1 aromatic carbocycles. The molecule has 0 unspecified atom stereocenters. The van der Waals surface area contributed by atoms with Gasteiger partial charge in [-0.2, -0.15) is 5.10 Å². The fourth-order valence-corrected chi connectivity index (χ4v) is 1.59. The number of aromatic nitrogens is 1. The number of pyridine rings is 1. The van der Waals surface area contributed by atoms with Crippen LogP contribution < -0.4 is 40.1 Å². The van der Waals surface area contributed by atoms with Crippen LogP contribution in [0.3, 0.4) is 0 Å². The molecule has 1 N–H and O–H groups in total. The normalized spacial score (nSPS) is 10.9. The zero-order chi connectivity index (χ0) is 13.1. The molecule has 0 amide bonds. The Balaban J connectivity index is 0.00000180. The molecule has 0 fully saturated rings. The van der Waals surface area contributed by atoms with E-state index in [0.717, 1.165) is 16.5 Å². The minimum atomic E-state index is -1.31. The van der Waals surface area contributed by atoms with Gasteiger partial charge in [-0.05, 0) is 31.5 Å². The number of carboxylic acids is 1. The summed E-state index contributed by atoms with van der Waals surface area (Å²) < 4.78 is 0. The van der Waals surface area contributed by atoms with E-state index in [0.29, 0.717) is 5.82 Å². The fourth-order valence-electron chi connectivity index (χ4n) is 1.59. The van der Waals surface area contributed by atoms with E-state index in [1.54, 1.807) is 0 Å². The maximum Gasteiger partial charge on any atom is 1.00 e. The van der Waals surface area contributed by atoms with E-state index in [1.165, 1.54) is 6.92 Å². The van der Waals surface area contributed by atoms with E-state index in [2.05, 4.69) is 15.5 Å². The number of nitrogens with zero attached hydrogens (tertiary/aromatic N) is 2. The van der Waals surface area contributed by atoms with Crippen molar-refractivity contribution in [3.63, 3.8) is 0 Å². The molecule has 1 aromatic heterocycles. The molecule has 5 nitrogen and oxygen atoms in total. The first-order valence-electron chi connectivity index (χ1n) is 5.46. The van der Waals surface area contributed by atoms with E-state index in [-0.39, 0.29) is 35.3 Å². The quantitative estimate of drug-likeness (QED) is 0.399. The number of carboxylic acid groups (broad SMARTS) is 1. The molecule has 19 heavy (non-hydrogen) atoms. The van der Waals surface area contributed by atoms with Crippen LogP contribution in [-0.2, 0) is 4.79 Å². The molecule has 6 heteroatoms. The topological polar surface area (TPSA) is 77.4 Å². The monoisotopic (exact) mass is 265 g/mol. The molecule has 0 spiro atoms. The van der Waals surface area contributed by atoms with Gasteiger partial charge in [-0.25, -0.2) is 4.98 Å². The number of rotatable bonds is 3. The van der Waals surface area contributed by atoms with Gasteiger partial charge in [0.1, 0.15) is 5.82 Å². The van der Waals surface area contributed by atoms with Gasteiger partial charge in [-0.1, -0.05) is 18.2 Å². The molecule has 0 aliphatic rings. The van der Waals surface area contributed by atoms with Gasteiger partial charge in [0.2, 0.25) is 0 Å². The van der Waals surface area contributed by atoms with Gasteiger partial charge >= 0.3 is 29.6 Å². The van der Waals surface area contributed by atoms with Crippen molar-refractivity contribution >= 4 is 28.4 Å². The summed E-state index contributed by atoms with van der Waals surface area (Å²) in [4.78, 5) is 14.8. The summed E-state index contributed by atoms with van der Waals surface area (Å²) in [6, 6.07) is 9.53. The number of anilines is 1. The largest absolute Gasteiger partial charge is 1.00 e. The number of aliphatic carboxylic acids is 1. The number of carbonyl (C=O) groups excluding carboxylic acids is 1. The molecule has 0 saturated heterocycles. The molecule has 0 atom stereocenters. The van der Waals surface area contributed by atoms with Crippen molar-refractivity contribution in [1.29, 1.82) is 0 Å². The van der Waals surface area contributed by atoms with Crippen molar-refractivity contribution in [2.75, 3.05) is 5.43 Å². The average Bonchev–Trinajstić information content (AvgIpc) is 2.36. The first-order valence-corrected chi connectivity index (χ1v) is 5.46. The van der Waals surface area contributed by atoms with E-state index in [4.69, 9.17) is 0 Å². The van der Waals surface area contributed by atoms with Crippen molar-refractivity contribution in [3.8, 4) is 0 Å². The molecule has 0 aliphatic heterocycles. The Hall–Kier alpha value is -1.43. The molecule has 0 radical (unpaired) electrons. The minimum Gasteiger partial charge on any atom is -0.543 e. The molecule has 2 rings (SSSR count). The maximum atomic E-state index is 10.5. The third kappa shape index (κ3) is 3.76. The Morgan fingerprint density at radius 2 is 2.05 bits per heavy atom. The molecule has 0 aliphatic carbocycles. The van der Waals surface area contributed by atoms with E-state index in [9.17, 15) is 9.90 Å². The molecule has 2 aromatic rings. The van der Waals surface area contributed by atoms with Crippen LogP contribution in [0, 0.1) is 6.92 Å². The molecule has 1 heterocycles. The number of carbonyl (C=O) groups is 1. The van der Waals surface area contributed by atoms with Crippen LogP contribution in [0.25, 0.3) is 10.9 Å². The second-order valence-corrected chi connectivity index (χ2v) is 3.94. The summed E-state index contributed by atoms with van der Waals surface area (Å²) in [5, 5.41) is 15.2. The molecule has 0 saturated carbocycles. The van der Waals surface area contributed by atoms with Crippen LogP contribution in [0.5, 0.6) is 0 Å². The first kappa shape index (κ1) is 15.6. The molecular formula is C13H12N3NaO2. The van der Waals surface area contributed by atoms with Gasteiger partial charge in [-0.3, -0.25) is 5.43 Å². The second-order valence-electron chi connectivity index (χ2n) is 3.94. The molecule has 92 valence electrons. The number of nitrogens with one attached hydrogen (secondary N) is 1. The Morgan fingerprint density at radius 1 is 1.37 bits per heavy atom. The summed E-state index contributed by atoms with van der Waals surface area (Å²) in [5.41, 5.74) is 4.37. The number of hydrogen-bond acceptors (Lipinski definition) is 5. The fraction of sp³-hybridized carbons (Fsp3) is 0.154. The number of hydrazone groups is 1. The van der Waals surface area contributed by atoms with Crippen molar-refractivity contribution in [1.82, 2.24) is 4.98 Å². The van der Waals surface area contributed by atoms with Crippen LogP contribution in [0.1, 0.15) is 12.5 Å². The van der Waals surface area contributed by atoms with Crippen molar-refractivity contribution in [3.05, 3.63) is 35.9 Å². The van der Waals surface area contributed by atoms with Crippen LogP contribution in [0.15, 0.2) is 35.4 Å². The zero-order valence-electron chi connectivity index (χ0n) is 11.1. The molecular weight excluding hydrogens is 253 g/mol. The van der Waals surface area contributed by atoms with Gasteiger partial charge in [-0.15, -0.1) is 0 Å². The summed E-state index contributed by atoms with van der Waals surface area (Å²) in [5.74, 6) is -0.799. The van der Waals surface area contributed by atoms with Crippen LogP contribution in [-0.4, -0.2) is 16.7 Å². The van der Waals surface area contributed by atoms with E-state index < -0.39 is 5.97 Å². The Kier molecular flexibility index (Phi) is 5.47. The summed E-state index contributed by atoms with van der Waals surface area (Å²) in [7, 11) is 0. The number of aryl methyl sites for hydroxylation is 1. The minimum absolute atomic E-state index is 0. The number of para-hydroxylation sites is 1. The van der Waals surface area contributed by atoms with Crippen LogP contribution in [0.4, 0.5) is 5.82 Å². The third-order valence-electron chi connectivity index (χ3n) is 2.56. The first-order chi connectivity index (χ1) is 8.58. The predicted molar refractivity (Wildman–Crippen MR) is 68.2 cm³/mol. The molecule has 0 bridgehead atoms. The smallest absolute Gasteiger partial charge is 0.543 e. The van der Waals surface area contributed by atoms with Crippen molar-refractivity contribution in [2.24, 2.45) is 5.10 Å². The number of fused-ring (bicyclic) bond motifs is 1. The van der Waals surface area contributed by atoms with Gasteiger partial charge in [0.05, 0.1) is 17.2 Å². The SMILES string of the molecule is CC(=NNc1cc(C)c2ccccc2n1)C(=O)[O-].[Na+]. The van der Waals surface area contributed by atoms with Crippen LogP contribution >= 0.6 is 0 Å². The summed E-state index contributed by atoms with van der Waals surface area (Å²) >= 11 is 0. The second kappa shape index (κ2) is 6.65. The Labute approximate surface area is 133 Å². The summed E-state index contributed by atoms with van der Waals surface area (Å²) in [6.45, 7) is 3.32. The van der Waals surface area contributed by atoms with Crippen LogP contribution in [0.2, 0.25) is 0 Å². The Bertz CT molecular complexity index is 641. The maximum absolute atomic E-state index is 10.5. The standard InChI is InChI=1S/C13H13N3O2.Na/c1-8-7-12(16-15-9(2)13(17)18)14-11-6-4-3-5-10(8)11;/h3-7H,1-2H3,(H,14,16)(H,17,18);/q;+1/p-1. The summed E-state index contributed by atoms with van der Waals surface area (Å²) in [6.07, 6.45) is 0. The number of benzene rings is 1. The Morgan fingerprint density at radius 3 is 2.74 bits per heavy atom. The zero-order valence-corrected chi connectivity index (χ0v) is 13.1. The van der Waals surface area contributed by atoms with Crippen molar-refractivity contribution < 1.29 is 39.5 Å². The average molecular weight is 265 g/mol. The van der Waals surface area contributed by atoms with Gasteiger partial charge < -0.3 is 9.90 Å². The predicted octanol–water partition coefficient (Wildman–Crippen LogP) is -1.92. The van der Waals surface area contributed by atoms with E-state index >= 15 is 0 Å². The van der Waals surface area contributed by atoms with Gasteiger partial charge in [0, 0.05) is 5.39 Å². The van der Waals surface area contributed by atoms with E-state index in [1.807, 2.05) is 37.3 Å². The number of hydrogen-bond donors (Lipinski definition) is 1. The third-order valence-corrected chi connectivity index (χ3v) is 2.56. The van der Waals surface area contributed by atoms with Crippen molar-refractivity contribution in [2.45, 2.75) is 13.8 Å². The van der Waals surface area contributed by atoms with Gasteiger partial charge in [0.15, 0.2) is 0 Å².